The summed E-state index contributed by atoms with van der Waals surface area (Å²) in [6, 6.07) is 10.00. The molecule has 3 rings (SSSR count). The van der Waals surface area contributed by atoms with Gasteiger partial charge >= 0.3 is 5.97 Å². The highest BCUT2D eigenvalue weighted by atomic mass is 16.4. The van der Waals surface area contributed by atoms with Crippen molar-refractivity contribution in [1.82, 2.24) is 9.78 Å². The number of aryl methyl sites for hydroxylation is 2. The van der Waals surface area contributed by atoms with E-state index < -0.39 is 11.4 Å². The zero-order chi connectivity index (χ0) is 15.0. The summed E-state index contributed by atoms with van der Waals surface area (Å²) < 4.78 is 1.85. The maximum Gasteiger partial charge on any atom is 0.314 e. The molecular weight excluding hydrogens is 264 g/mol. The van der Waals surface area contributed by atoms with Gasteiger partial charge in [0, 0.05) is 7.05 Å². The Morgan fingerprint density at radius 2 is 1.86 bits per heavy atom. The van der Waals surface area contributed by atoms with Gasteiger partial charge in [-0.05, 0) is 37.0 Å². The van der Waals surface area contributed by atoms with Crippen LogP contribution >= 0.6 is 0 Å². The molecule has 21 heavy (non-hydrogen) atoms. The van der Waals surface area contributed by atoms with Crippen molar-refractivity contribution in [3.05, 3.63) is 41.6 Å². The van der Waals surface area contributed by atoms with Gasteiger partial charge in [0.15, 0.2) is 0 Å². The fourth-order valence-electron chi connectivity index (χ4n) is 3.45. The number of aromatic nitrogens is 2. The van der Waals surface area contributed by atoms with Crippen molar-refractivity contribution in [3.8, 4) is 11.3 Å². The Hall–Kier alpha value is -2.10. The predicted molar refractivity (Wildman–Crippen MR) is 81.2 cm³/mol. The molecule has 0 saturated heterocycles. The van der Waals surface area contributed by atoms with Gasteiger partial charge in [0.05, 0.1) is 16.8 Å². The van der Waals surface area contributed by atoms with Crippen LogP contribution in [0.5, 0.6) is 0 Å². The lowest BCUT2D eigenvalue weighted by Crippen LogP contribution is -2.32. The summed E-state index contributed by atoms with van der Waals surface area (Å²) >= 11 is 0. The van der Waals surface area contributed by atoms with Crippen LogP contribution in [0.15, 0.2) is 30.3 Å². The second kappa shape index (κ2) is 5.02. The van der Waals surface area contributed by atoms with Crippen LogP contribution in [0.4, 0.5) is 0 Å². The number of aliphatic carboxylic acids is 1. The van der Waals surface area contributed by atoms with E-state index in [1.807, 2.05) is 49.0 Å². The monoisotopic (exact) mass is 284 g/mol. The van der Waals surface area contributed by atoms with Gasteiger partial charge in [-0.25, -0.2) is 0 Å². The molecule has 1 aliphatic carbocycles. The Bertz CT molecular complexity index is 665. The highest BCUT2D eigenvalue weighted by Crippen LogP contribution is 2.41. The first-order valence-corrected chi connectivity index (χ1v) is 7.38. The second-order valence-corrected chi connectivity index (χ2v) is 5.97. The summed E-state index contributed by atoms with van der Waals surface area (Å²) in [6.45, 7) is 1.97. The van der Waals surface area contributed by atoms with Crippen LogP contribution in [0, 0.1) is 6.92 Å². The molecule has 0 radical (unpaired) electrons. The summed E-state index contributed by atoms with van der Waals surface area (Å²) in [4.78, 5) is 11.7. The third-order valence-corrected chi connectivity index (χ3v) is 4.60. The normalized spacial score (nSPS) is 17.0. The fourth-order valence-corrected chi connectivity index (χ4v) is 3.45. The number of hydrogen-bond donors (Lipinski definition) is 1. The molecule has 1 fully saturated rings. The van der Waals surface area contributed by atoms with E-state index in [1.165, 1.54) is 0 Å². The standard InChI is InChI=1S/C17H20N2O2/c1-12-11-15(19(2)18-12)13-5-7-14(8-6-13)17(16(20)21)9-3-4-10-17/h5-8,11H,3-4,9-10H2,1-2H3,(H,20,21). The quantitative estimate of drug-likeness (QED) is 0.941. The minimum absolute atomic E-state index is 0.680. The van der Waals surface area contributed by atoms with Crippen LogP contribution in [0.2, 0.25) is 0 Å². The van der Waals surface area contributed by atoms with Crippen LogP contribution < -0.4 is 0 Å². The van der Waals surface area contributed by atoms with E-state index in [9.17, 15) is 9.90 Å². The summed E-state index contributed by atoms with van der Waals surface area (Å²) in [6.07, 6.45) is 3.48. The van der Waals surface area contributed by atoms with Gasteiger partial charge < -0.3 is 5.11 Å². The maximum absolute atomic E-state index is 11.7. The van der Waals surface area contributed by atoms with Gasteiger partial charge in [0.25, 0.3) is 0 Å². The zero-order valence-electron chi connectivity index (χ0n) is 12.5. The molecule has 0 atom stereocenters. The van der Waals surface area contributed by atoms with E-state index >= 15 is 0 Å². The van der Waals surface area contributed by atoms with E-state index in [0.29, 0.717) is 0 Å². The SMILES string of the molecule is Cc1cc(-c2ccc(C3(C(=O)O)CCCC3)cc2)n(C)n1. The third kappa shape index (κ3) is 2.24. The molecule has 0 unspecified atom stereocenters. The number of carboxylic acids is 1. The van der Waals surface area contributed by atoms with E-state index in [-0.39, 0.29) is 0 Å². The average molecular weight is 284 g/mol. The van der Waals surface area contributed by atoms with Gasteiger partial charge in [-0.1, -0.05) is 37.1 Å². The van der Waals surface area contributed by atoms with Crippen LogP contribution in [0.25, 0.3) is 11.3 Å². The van der Waals surface area contributed by atoms with Gasteiger partial charge in [0.1, 0.15) is 0 Å². The Kier molecular flexibility index (Phi) is 3.32. The second-order valence-electron chi connectivity index (χ2n) is 5.97. The average Bonchev–Trinajstić information content (AvgIpc) is 3.06. The molecule has 0 bridgehead atoms. The Morgan fingerprint density at radius 1 is 1.24 bits per heavy atom. The lowest BCUT2D eigenvalue weighted by molar-refractivity contribution is -0.143. The highest BCUT2D eigenvalue weighted by Gasteiger charge is 2.42. The van der Waals surface area contributed by atoms with Gasteiger partial charge in [0.2, 0.25) is 0 Å². The Labute approximate surface area is 124 Å². The topological polar surface area (TPSA) is 55.1 Å². The minimum Gasteiger partial charge on any atom is -0.481 e. The molecule has 0 spiro atoms. The highest BCUT2D eigenvalue weighted by molar-refractivity contribution is 5.82. The summed E-state index contributed by atoms with van der Waals surface area (Å²) in [5, 5.41) is 14.0. The van der Waals surface area contributed by atoms with Gasteiger partial charge in [-0.2, -0.15) is 5.10 Å². The molecule has 4 nitrogen and oxygen atoms in total. The molecule has 0 amide bonds. The van der Waals surface area contributed by atoms with Crippen molar-refractivity contribution < 1.29 is 9.90 Å². The van der Waals surface area contributed by atoms with Crippen LogP contribution in [-0.2, 0) is 17.3 Å². The summed E-state index contributed by atoms with van der Waals surface area (Å²) in [5.74, 6) is -0.691. The summed E-state index contributed by atoms with van der Waals surface area (Å²) in [7, 11) is 1.92. The largest absolute Gasteiger partial charge is 0.481 e. The molecular formula is C17H20N2O2. The number of benzene rings is 1. The molecule has 1 aromatic heterocycles. The van der Waals surface area contributed by atoms with Crippen molar-refractivity contribution in [3.63, 3.8) is 0 Å². The molecule has 1 saturated carbocycles. The van der Waals surface area contributed by atoms with Crippen molar-refractivity contribution in [2.24, 2.45) is 7.05 Å². The summed E-state index contributed by atoms with van der Waals surface area (Å²) in [5.41, 5.74) is 3.35. The minimum atomic E-state index is -0.691. The van der Waals surface area contributed by atoms with E-state index in [1.54, 1.807) is 0 Å². The molecule has 110 valence electrons. The fraction of sp³-hybridized carbons (Fsp3) is 0.412. The molecule has 1 N–H and O–H groups in total. The Morgan fingerprint density at radius 3 is 2.33 bits per heavy atom. The number of carbonyl (C=O) groups is 1. The number of nitrogens with zero attached hydrogens (tertiary/aromatic N) is 2. The lowest BCUT2D eigenvalue weighted by atomic mass is 9.78. The van der Waals surface area contributed by atoms with Crippen molar-refractivity contribution in [1.29, 1.82) is 0 Å². The predicted octanol–water partition coefficient (Wildman–Crippen LogP) is 3.29. The van der Waals surface area contributed by atoms with Crippen molar-refractivity contribution in [2.45, 2.75) is 38.0 Å². The van der Waals surface area contributed by atoms with Crippen molar-refractivity contribution in [2.75, 3.05) is 0 Å². The van der Waals surface area contributed by atoms with Gasteiger partial charge in [-0.3, -0.25) is 9.48 Å². The smallest absolute Gasteiger partial charge is 0.314 e. The first-order valence-electron chi connectivity index (χ1n) is 7.38. The lowest BCUT2D eigenvalue weighted by Gasteiger charge is -2.24. The zero-order valence-corrected chi connectivity index (χ0v) is 12.5. The number of rotatable bonds is 3. The molecule has 1 heterocycles. The van der Waals surface area contributed by atoms with E-state index in [0.717, 1.165) is 48.2 Å². The molecule has 2 aromatic rings. The first-order chi connectivity index (χ1) is 10.0. The van der Waals surface area contributed by atoms with Crippen LogP contribution in [0.3, 0.4) is 0 Å². The first kappa shape index (κ1) is 13.9. The van der Waals surface area contributed by atoms with E-state index in [2.05, 4.69) is 5.10 Å². The number of carboxylic acid groups (broad SMARTS) is 1. The molecule has 0 aliphatic heterocycles. The number of hydrogen-bond acceptors (Lipinski definition) is 2. The van der Waals surface area contributed by atoms with Gasteiger partial charge in [-0.15, -0.1) is 0 Å². The molecule has 4 heteroatoms. The van der Waals surface area contributed by atoms with Crippen LogP contribution in [-0.4, -0.2) is 20.9 Å². The maximum atomic E-state index is 11.7. The van der Waals surface area contributed by atoms with Crippen molar-refractivity contribution >= 4 is 5.97 Å². The van der Waals surface area contributed by atoms with Crippen LogP contribution in [0.1, 0.15) is 36.9 Å². The molecule has 1 aliphatic rings. The third-order valence-electron chi connectivity index (χ3n) is 4.60. The Balaban J connectivity index is 1.97. The van der Waals surface area contributed by atoms with E-state index in [4.69, 9.17) is 0 Å². The molecule has 1 aromatic carbocycles.